The lowest BCUT2D eigenvalue weighted by Crippen LogP contribution is -2.34. The molecule has 126 valence electrons. The van der Waals surface area contributed by atoms with Crippen LogP contribution < -0.4 is 5.32 Å². The largest absolute Gasteiger partial charge is 0.332 e. The number of halogens is 2. The van der Waals surface area contributed by atoms with E-state index in [0.29, 0.717) is 25.5 Å². The minimum absolute atomic E-state index is 0.104. The van der Waals surface area contributed by atoms with E-state index in [9.17, 15) is 14.4 Å². The molecule has 0 atom stereocenters. The van der Waals surface area contributed by atoms with Crippen LogP contribution in [0.1, 0.15) is 26.3 Å². The molecule has 24 heavy (non-hydrogen) atoms. The normalized spacial score (nSPS) is 10.3. The first kappa shape index (κ1) is 18.4. The van der Waals surface area contributed by atoms with Crippen molar-refractivity contribution < 1.29 is 14.4 Å². The van der Waals surface area contributed by atoms with Crippen LogP contribution in [0.3, 0.4) is 0 Å². The summed E-state index contributed by atoms with van der Waals surface area (Å²) in [5.74, 6) is -0.870. The second kappa shape index (κ2) is 7.79. The van der Waals surface area contributed by atoms with E-state index in [1.165, 1.54) is 18.9 Å². The number of Topliss-reactive ketones (excluding diaryl/α,β-unsaturated/α-hetero) is 1. The van der Waals surface area contributed by atoms with Gasteiger partial charge in [-0.2, -0.15) is 0 Å². The Hall–Kier alpha value is -1.89. The third kappa shape index (κ3) is 4.35. The Bertz CT molecular complexity index is 784. The van der Waals surface area contributed by atoms with Crippen molar-refractivity contribution >= 4 is 57.8 Å². The van der Waals surface area contributed by atoms with E-state index in [4.69, 9.17) is 23.2 Å². The second-order valence-corrected chi connectivity index (χ2v) is 6.92. The van der Waals surface area contributed by atoms with Crippen LogP contribution in [0.25, 0.3) is 0 Å². The number of amides is 2. The van der Waals surface area contributed by atoms with Gasteiger partial charge in [-0.1, -0.05) is 29.3 Å². The van der Waals surface area contributed by atoms with Crippen molar-refractivity contribution in [2.24, 2.45) is 0 Å². The third-order valence-corrected chi connectivity index (χ3v) is 4.92. The molecule has 2 aromatic rings. The van der Waals surface area contributed by atoms with Crippen LogP contribution in [0.4, 0.5) is 5.69 Å². The molecular formula is C16H14Cl2N2O3S. The summed E-state index contributed by atoms with van der Waals surface area (Å²) >= 11 is 13.1. The topological polar surface area (TPSA) is 66.5 Å². The molecule has 8 heteroatoms. The van der Waals surface area contributed by atoms with Gasteiger partial charge >= 0.3 is 0 Å². The van der Waals surface area contributed by atoms with Crippen LogP contribution in [-0.4, -0.2) is 36.1 Å². The first-order chi connectivity index (χ1) is 11.3. The number of rotatable bonds is 5. The molecule has 0 bridgehead atoms. The average molecular weight is 385 g/mol. The minimum Gasteiger partial charge on any atom is -0.332 e. The van der Waals surface area contributed by atoms with Gasteiger partial charge in [0.1, 0.15) is 0 Å². The van der Waals surface area contributed by atoms with Crippen molar-refractivity contribution in [2.75, 3.05) is 18.9 Å². The summed E-state index contributed by atoms with van der Waals surface area (Å²) in [4.78, 5) is 37.8. The molecule has 0 aliphatic carbocycles. The standard InChI is InChI=1S/C16H14Cl2N2O3S/c1-9(21)12-6-7-13(24-12)16(23)20(2)8-14(22)19-15-10(17)4-3-5-11(15)18/h3-7H,8H2,1-2H3,(H,19,22). The van der Waals surface area contributed by atoms with Gasteiger partial charge in [0.05, 0.1) is 32.0 Å². The van der Waals surface area contributed by atoms with Gasteiger partial charge in [-0.05, 0) is 31.2 Å². The lowest BCUT2D eigenvalue weighted by molar-refractivity contribution is -0.116. The first-order valence-corrected chi connectivity index (χ1v) is 8.47. The number of ketones is 1. The molecule has 0 spiro atoms. The van der Waals surface area contributed by atoms with Gasteiger partial charge in [-0.15, -0.1) is 11.3 Å². The van der Waals surface area contributed by atoms with Crippen molar-refractivity contribution in [1.29, 1.82) is 0 Å². The molecule has 0 unspecified atom stereocenters. The molecule has 1 N–H and O–H groups in total. The zero-order valence-electron chi connectivity index (χ0n) is 12.9. The number of anilines is 1. The lowest BCUT2D eigenvalue weighted by atomic mass is 10.3. The van der Waals surface area contributed by atoms with Crippen LogP contribution in [0, 0.1) is 0 Å². The molecular weight excluding hydrogens is 371 g/mol. The van der Waals surface area contributed by atoms with Crippen molar-refractivity contribution in [3.63, 3.8) is 0 Å². The highest BCUT2D eigenvalue weighted by Crippen LogP contribution is 2.29. The zero-order valence-corrected chi connectivity index (χ0v) is 15.3. The van der Waals surface area contributed by atoms with Crippen molar-refractivity contribution in [3.8, 4) is 0 Å². The Kier molecular flexibility index (Phi) is 5.99. The minimum atomic E-state index is -0.427. The number of hydrogen-bond acceptors (Lipinski definition) is 4. The van der Waals surface area contributed by atoms with Crippen molar-refractivity contribution in [2.45, 2.75) is 6.92 Å². The Balaban J connectivity index is 2.02. The van der Waals surface area contributed by atoms with Crippen molar-refractivity contribution in [1.82, 2.24) is 4.90 Å². The molecule has 0 aliphatic rings. The van der Waals surface area contributed by atoms with Crippen molar-refractivity contribution in [3.05, 3.63) is 50.1 Å². The Morgan fingerprint density at radius 2 is 1.67 bits per heavy atom. The summed E-state index contributed by atoms with van der Waals surface area (Å²) in [5.41, 5.74) is 0.307. The molecule has 0 fully saturated rings. The Labute approximate surface area is 153 Å². The summed E-state index contributed by atoms with van der Waals surface area (Å²) in [5, 5.41) is 3.22. The summed E-state index contributed by atoms with van der Waals surface area (Å²) in [6, 6.07) is 8.04. The zero-order chi connectivity index (χ0) is 17.9. The molecule has 1 heterocycles. The highest BCUT2D eigenvalue weighted by molar-refractivity contribution is 7.15. The first-order valence-electron chi connectivity index (χ1n) is 6.89. The van der Waals surface area contributed by atoms with Crippen LogP contribution in [-0.2, 0) is 4.79 Å². The summed E-state index contributed by atoms with van der Waals surface area (Å²) < 4.78 is 0. The SMILES string of the molecule is CC(=O)c1ccc(C(=O)N(C)CC(=O)Nc2c(Cl)cccc2Cl)s1. The number of para-hydroxylation sites is 1. The third-order valence-electron chi connectivity index (χ3n) is 3.12. The quantitative estimate of drug-likeness (QED) is 0.792. The average Bonchev–Trinajstić information content (AvgIpc) is 3.00. The highest BCUT2D eigenvalue weighted by atomic mass is 35.5. The van der Waals surface area contributed by atoms with Crippen LogP contribution in [0.15, 0.2) is 30.3 Å². The van der Waals surface area contributed by atoms with Gasteiger partial charge in [0.25, 0.3) is 5.91 Å². The number of thiophene rings is 1. The van der Waals surface area contributed by atoms with Gasteiger partial charge in [0.2, 0.25) is 5.91 Å². The van der Waals surface area contributed by atoms with Gasteiger partial charge in [-0.25, -0.2) is 0 Å². The predicted octanol–water partition coefficient (Wildman–Crippen LogP) is 3.97. The molecule has 0 saturated heterocycles. The smallest absolute Gasteiger partial charge is 0.264 e. The highest BCUT2D eigenvalue weighted by Gasteiger charge is 2.19. The second-order valence-electron chi connectivity index (χ2n) is 5.03. The maximum absolute atomic E-state index is 12.3. The Morgan fingerprint density at radius 1 is 1.08 bits per heavy atom. The maximum atomic E-state index is 12.3. The van der Waals surface area contributed by atoms with Crippen LogP contribution >= 0.6 is 34.5 Å². The number of carbonyl (C=O) groups is 3. The van der Waals surface area contributed by atoms with E-state index in [0.717, 1.165) is 11.3 Å². The number of benzene rings is 1. The van der Waals surface area contributed by atoms with E-state index < -0.39 is 5.91 Å². The van der Waals surface area contributed by atoms with E-state index in [1.54, 1.807) is 30.3 Å². The fourth-order valence-corrected chi connectivity index (χ4v) is 3.30. The lowest BCUT2D eigenvalue weighted by Gasteiger charge is -2.16. The molecule has 2 amide bonds. The molecule has 0 radical (unpaired) electrons. The molecule has 2 rings (SSSR count). The van der Waals surface area contributed by atoms with Gasteiger partial charge < -0.3 is 10.2 Å². The fourth-order valence-electron chi connectivity index (χ4n) is 1.91. The van der Waals surface area contributed by atoms with E-state index in [-0.39, 0.29) is 18.2 Å². The van der Waals surface area contributed by atoms with Crippen LogP contribution in [0.5, 0.6) is 0 Å². The number of nitrogens with zero attached hydrogens (tertiary/aromatic N) is 1. The van der Waals surface area contributed by atoms with Gasteiger partial charge in [0, 0.05) is 7.05 Å². The molecule has 5 nitrogen and oxygen atoms in total. The van der Waals surface area contributed by atoms with Crippen LogP contribution in [0.2, 0.25) is 10.0 Å². The van der Waals surface area contributed by atoms with E-state index in [1.807, 2.05) is 0 Å². The summed E-state index contributed by atoms with van der Waals surface area (Å²) in [7, 11) is 1.50. The molecule has 1 aromatic heterocycles. The molecule has 1 aromatic carbocycles. The maximum Gasteiger partial charge on any atom is 0.264 e. The summed E-state index contributed by atoms with van der Waals surface area (Å²) in [6.07, 6.45) is 0. The van der Waals surface area contributed by atoms with Gasteiger partial charge in [0.15, 0.2) is 5.78 Å². The van der Waals surface area contributed by atoms with E-state index in [2.05, 4.69) is 5.32 Å². The molecule has 0 aliphatic heterocycles. The number of nitrogens with one attached hydrogen (secondary N) is 1. The monoisotopic (exact) mass is 384 g/mol. The number of carbonyl (C=O) groups excluding carboxylic acids is 3. The summed E-state index contributed by atoms with van der Waals surface area (Å²) in [6.45, 7) is 1.26. The number of hydrogen-bond donors (Lipinski definition) is 1. The Morgan fingerprint density at radius 3 is 2.21 bits per heavy atom. The molecule has 0 saturated carbocycles. The fraction of sp³-hybridized carbons (Fsp3) is 0.188. The van der Waals surface area contributed by atoms with Gasteiger partial charge in [-0.3, -0.25) is 14.4 Å². The number of likely N-dealkylation sites (N-methyl/N-ethyl adjacent to an activating group) is 1. The van der Waals surface area contributed by atoms with E-state index >= 15 is 0 Å². The predicted molar refractivity (Wildman–Crippen MR) is 96.4 cm³/mol.